The highest BCUT2D eigenvalue weighted by Gasteiger charge is 2.14. The molecule has 0 fully saturated rings. The maximum Gasteiger partial charge on any atom is 0.258 e. The van der Waals surface area contributed by atoms with Crippen LogP contribution in [0.5, 0.6) is 0 Å². The number of pyridine rings is 1. The number of rotatable bonds is 0. The van der Waals surface area contributed by atoms with Gasteiger partial charge in [-0.15, -0.1) is 0 Å². The zero-order valence-electron chi connectivity index (χ0n) is 9.32. The summed E-state index contributed by atoms with van der Waals surface area (Å²) < 4.78 is 1.77. The third-order valence-electron chi connectivity index (χ3n) is 2.54. The number of hydrogen-bond acceptors (Lipinski definition) is 1. The largest absolute Gasteiger partial charge is 0.310 e. The van der Waals surface area contributed by atoms with Gasteiger partial charge in [0.05, 0.1) is 0 Å². The van der Waals surface area contributed by atoms with Crippen LogP contribution in [0.25, 0.3) is 10.8 Å². The molecule has 0 aliphatic carbocycles. The second-order valence-electron chi connectivity index (χ2n) is 4.75. The van der Waals surface area contributed by atoms with Crippen molar-refractivity contribution in [1.82, 2.24) is 4.57 Å². The summed E-state index contributed by atoms with van der Waals surface area (Å²) in [5.74, 6) is 0. The SMILES string of the molecule is CC(C)(C)n1ccc2ccccc2c1=O. The monoisotopic (exact) mass is 201 g/mol. The molecule has 2 nitrogen and oxygen atoms in total. The molecule has 0 amide bonds. The van der Waals surface area contributed by atoms with E-state index in [-0.39, 0.29) is 11.1 Å². The van der Waals surface area contributed by atoms with Crippen LogP contribution in [0.4, 0.5) is 0 Å². The highest BCUT2D eigenvalue weighted by Crippen LogP contribution is 2.14. The first-order valence-corrected chi connectivity index (χ1v) is 5.11. The Labute approximate surface area is 89.2 Å². The minimum atomic E-state index is -0.166. The van der Waals surface area contributed by atoms with Crippen LogP contribution in [0, 0.1) is 0 Å². The van der Waals surface area contributed by atoms with Crippen molar-refractivity contribution in [2.24, 2.45) is 0 Å². The molecular formula is C13H15NO. The Kier molecular flexibility index (Phi) is 2.14. The molecule has 15 heavy (non-hydrogen) atoms. The van der Waals surface area contributed by atoms with Gasteiger partial charge >= 0.3 is 0 Å². The summed E-state index contributed by atoms with van der Waals surface area (Å²) in [7, 11) is 0. The van der Waals surface area contributed by atoms with Crippen LogP contribution in [-0.2, 0) is 5.54 Å². The summed E-state index contributed by atoms with van der Waals surface area (Å²) in [4.78, 5) is 12.1. The van der Waals surface area contributed by atoms with Crippen LogP contribution in [0.15, 0.2) is 41.3 Å². The fourth-order valence-electron chi connectivity index (χ4n) is 1.72. The molecule has 1 aromatic heterocycles. The lowest BCUT2D eigenvalue weighted by Gasteiger charge is -2.22. The van der Waals surface area contributed by atoms with Gasteiger partial charge in [-0.05, 0) is 38.3 Å². The van der Waals surface area contributed by atoms with Crippen molar-refractivity contribution in [2.75, 3.05) is 0 Å². The van der Waals surface area contributed by atoms with Gasteiger partial charge in [-0.3, -0.25) is 4.79 Å². The number of fused-ring (bicyclic) bond motifs is 1. The lowest BCUT2D eigenvalue weighted by atomic mass is 10.1. The van der Waals surface area contributed by atoms with E-state index in [1.54, 1.807) is 4.57 Å². The van der Waals surface area contributed by atoms with E-state index in [2.05, 4.69) is 0 Å². The van der Waals surface area contributed by atoms with E-state index < -0.39 is 0 Å². The first-order chi connectivity index (χ1) is 7.00. The van der Waals surface area contributed by atoms with Gasteiger partial charge in [-0.1, -0.05) is 18.2 Å². The Balaban J connectivity index is 2.83. The predicted molar refractivity (Wildman–Crippen MR) is 63.2 cm³/mol. The summed E-state index contributed by atoms with van der Waals surface area (Å²) in [6.07, 6.45) is 1.87. The highest BCUT2D eigenvalue weighted by atomic mass is 16.1. The van der Waals surface area contributed by atoms with Gasteiger partial charge in [0.25, 0.3) is 5.56 Å². The molecule has 0 aliphatic rings. The zero-order valence-corrected chi connectivity index (χ0v) is 9.32. The van der Waals surface area contributed by atoms with Gasteiger partial charge in [-0.2, -0.15) is 0 Å². The van der Waals surface area contributed by atoms with Crippen molar-refractivity contribution >= 4 is 10.8 Å². The normalized spacial score (nSPS) is 11.9. The van der Waals surface area contributed by atoms with Crippen LogP contribution < -0.4 is 5.56 Å². The maximum absolute atomic E-state index is 12.1. The lowest BCUT2D eigenvalue weighted by Crippen LogP contribution is -2.33. The average molecular weight is 201 g/mol. The molecule has 2 aromatic rings. The minimum Gasteiger partial charge on any atom is -0.310 e. The lowest BCUT2D eigenvalue weighted by molar-refractivity contribution is 0.386. The highest BCUT2D eigenvalue weighted by molar-refractivity contribution is 5.81. The summed E-state index contributed by atoms with van der Waals surface area (Å²) in [6, 6.07) is 9.67. The van der Waals surface area contributed by atoms with Gasteiger partial charge in [0.1, 0.15) is 0 Å². The van der Waals surface area contributed by atoms with E-state index in [1.807, 2.05) is 57.3 Å². The molecule has 2 rings (SSSR count). The van der Waals surface area contributed by atoms with Gasteiger partial charge in [0.2, 0.25) is 0 Å². The zero-order chi connectivity index (χ0) is 11.1. The van der Waals surface area contributed by atoms with Crippen LogP contribution >= 0.6 is 0 Å². The Morgan fingerprint density at radius 2 is 1.73 bits per heavy atom. The van der Waals surface area contributed by atoms with Crippen LogP contribution in [0.1, 0.15) is 20.8 Å². The minimum absolute atomic E-state index is 0.0839. The third kappa shape index (κ3) is 1.67. The fourth-order valence-corrected chi connectivity index (χ4v) is 1.72. The summed E-state index contributed by atoms with van der Waals surface area (Å²) in [5.41, 5.74) is -0.0817. The average Bonchev–Trinajstić information content (AvgIpc) is 2.16. The molecule has 78 valence electrons. The van der Waals surface area contributed by atoms with Crippen molar-refractivity contribution in [3.05, 3.63) is 46.9 Å². The molecule has 1 heterocycles. The number of nitrogens with zero attached hydrogens (tertiary/aromatic N) is 1. The molecule has 0 bridgehead atoms. The van der Waals surface area contributed by atoms with Crippen LogP contribution in [-0.4, -0.2) is 4.57 Å². The van der Waals surface area contributed by atoms with E-state index in [0.29, 0.717) is 0 Å². The quantitative estimate of drug-likeness (QED) is 0.642. The predicted octanol–water partition coefficient (Wildman–Crippen LogP) is 2.76. The van der Waals surface area contributed by atoms with Crippen LogP contribution in [0.3, 0.4) is 0 Å². The van der Waals surface area contributed by atoms with Crippen molar-refractivity contribution in [3.8, 4) is 0 Å². The van der Waals surface area contributed by atoms with Crippen molar-refractivity contribution < 1.29 is 0 Å². The summed E-state index contributed by atoms with van der Waals surface area (Å²) in [6.45, 7) is 6.09. The number of aromatic nitrogens is 1. The smallest absolute Gasteiger partial charge is 0.258 e. The third-order valence-corrected chi connectivity index (χ3v) is 2.54. The molecule has 2 heteroatoms. The van der Waals surface area contributed by atoms with Crippen LogP contribution in [0.2, 0.25) is 0 Å². The molecule has 0 saturated carbocycles. The second-order valence-corrected chi connectivity index (χ2v) is 4.75. The fraction of sp³-hybridized carbons (Fsp3) is 0.308. The van der Waals surface area contributed by atoms with Crippen molar-refractivity contribution in [3.63, 3.8) is 0 Å². The van der Waals surface area contributed by atoms with E-state index in [9.17, 15) is 4.79 Å². The Bertz CT molecular complexity index is 546. The maximum atomic E-state index is 12.1. The standard InChI is InChI=1S/C13H15NO/c1-13(2,3)14-9-8-10-6-4-5-7-11(10)12(14)15/h4-9H,1-3H3. The molecule has 0 N–H and O–H groups in total. The number of benzene rings is 1. The molecule has 0 radical (unpaired) electrons. The van der Waals surface area contributed by atoms with E-state index in [1.165, 1.54) is 0 Å². The molecule has 0 saturated heterocycles. The van der Waals surface area contributed by atoms with E-state index in [0.717, 1.165) is 10.8 Å². The molecule has 0 spiro atoms. The first-order valence-electron chi connectivity index (χ1n) is 5.11. The summed E-state index contributed by atoms with van der Waals surface area (Å²) >= 11 is 0. The molecule has 1 aromatic carbocycles. The molecule has 0 aliphatic heterocycles. The number of hydrogen-bond donors (Lipinski definition) is 0. The Morgan fingerprint density at radius 1 is 1.07 bits per heavy atom. The molecule has 0 atom stereocenters. The van der Waals surface area contributed by atoms with Crippen molar-refractivity contribution in [1.29, 1.82) is 0 Å². The van der Waals surface area contributed by atoms with Gasteiger partial charge in [0, 0.05) is 17.1 Å². The topological polar surface area (TPSA) is 22.0 Å². The Morgan fingerprint density at radius 3 is 2.40 bits per heavy atom. The van der Waals surface area contributed by atoms with Gasteiger partial charge in [0.15, 0.2) is 0 Å². The van der Waals surface area contributed by atoms with Gasteiger partial charge < -0.3 is 4.57 Å². The summed E-state index contributed by atoms with van der Waals surface area (Å²) in [5, 5.41) is 1.79. The molecule has 0 unspecified atom stereocenters. The van der Waals surface area contributed by atoms with E-state index >= 15 is 0 Å². The van der Waals surface area contributed by atoms with E-state index in [4.69, 9.17) is 0 Å². The Hall–Kier alpha value is -1.57. The molecular weight excluding hydrogens is 186 g/mol. The first kappa shape index (κ1) is 9.97. The van der Waals surface area contributed by atoms with Crippen molar-refractivity contribution in [2.45, 2.75) is 26.3 Å². The second kappa shape index (κ2) is 3.23. The van der Waals surface area contributed by atoms with Gasteiger partial charge in [-0.25, -0.2) is 0 Å².